The minimum atomic E-state index is 0.0283. The molecule has 0 spiro atoms. The number of nitrogens with zero attached hydrogens (tertiary/aromatic N) is 2. The molecule has 0 aromatic heterocycles. The lowest BCUT2D eigenvalue weighted by atomic mass is 10.2. The van der Waals surface area contributed by atoms with Gasteiger partial charge >= 0.3 is 0 Å². The van der Waals surface area contributed by atoms with Crippen LogP contribution in [0.1, 0.15) is 5.56 Å². The average Bonchev–Trinajstić information content (AvgIpc) is 2.40. The van der Waals surface area contributed by atoms with E-state index in [2.05, 4.69) is 22.2 Å². The van der Waals surface area contributed by atoms with Crippen LogP contribution in [0.25, 0.3) is 0 Å². The zero-order valence-corrected chi connectivity index (χ0v) is 13.0. The first kappa shape index (κ1) is 15.6. The van der Waals surface area contributed by atoms with Crippen molar-refractivity contribution in [3.05, 3.63) is 33.8 Å². The van der Waals surface area contributed by atoms with Crippen LogP contribution >= 0.6 is 23.2 Å². The van der Waals surface area contributed by atoms with Crippen molar-refractivity contribution >= 4 is 29.1 Å². The molecule has 1 aliphatic rings. The Morgan fingerprint density at radius 3 is 2.60 bits per heavy atom. The summed E-state index contributed by atoms with van der Waals surface area (Å²) >= 11 is 11.9. The van der Waals surface area contributed by atoms with Crippen LogP contribution in [0.5, 0.6) is 0 Å². The van der Waals surface area contributed by atoms with Gasteiger partial charge in [-0.1, -0.05) is 29.3 Å². The second kappa shape index (κ2) is 7.27. The van der Waals surface area contributed by atoms with Gasteiger partial charge in [0, 0.05) is 42.8 Å². The van der Waals surface area contributed by atoms with Crippen LogP contribution in [-0.2, 0) is 11.3 Å². The van der Waals surface area contributed by atoms with E-state index in [4.69, 9.17) is 23.2 Å². The van der Waals surface area contributed by atoms with E-state index in [1.54, 1.807) is 12.1 Å². The molecule has 0 aliphatic carbocycles. The third-order valence-electron chi connectivity index (χ3n) is 3.45. The topological polar surface area (TPSA) is 35.6 Å². The van der Waals surface area contributed by atoms with Gasteiger partial charge in [0.2, 0.25) is 5.91 Å². The monoisotopic (exact) mass is 315 g/mol. The highest BCUT2D eigenvalue weighted by atomic mass is 35.5. The van der Waals surface area contributed by atoms with Gasteiger partial charge in [-0.05, 0) is 24.7 Å². The molecule has 1 aromatic carbocycles. The predicted molar refractivity (Wildman–Crippen MR) is 82.2 cm³/mol. The van der Waals surface area contributed by atoms with Crippen molar-refractivity contribution in [2.24, 2.45) is 0 Å². The molecule has 0 bridgehead atoms. The van der Waals surface area contributed by atoms with E-state index in [1.807, 2.05) is 6.07 Å². The fourth-order valence-corrected chi connectivity index (χ4v) is 2.60. The van der Waals surface area contributed by atoms with Crippen molar-refractivity contribution in [2.75, 3.05) is 39.8 Å². The lowest BCUT2D eigenvalue weighted by Crippen LogP contribution is -2.48. The van der Waals surface area contributed by atoms with Gasteiger partial charge in [-0.25, -0.2) is 0 Å². The zero-order chi connectivity index (χ0) is 14.5. The van der Waals surface area contributed by atoms with Crippen LogP contribution < -0.4 is 5.32 Å². The lowest BCUT2D eigenvalue weighted by molar-refractivity contribution is -0.122. The summed E-state index contributed by atoms with van der Waals surface area (Å²) in [5, 5.41) is 4.08. The Kier molecular flexibility index (Phi) is 5.66. The van der Waals surface area contributed by atoms with Crippen molar-refractivity contribution < 1.29 is 4.79 Å². The number of hydrogen-bond acceptors (Lipinski definition) is 3. The van der Waals surface area contributed by atoms with E-state index in [9.17, 15) is 4.79 Å². The van der Waals surface area contributed by atoms with Crippen LogP contribution in [0.3, 0.4) is 0 Å². The van der Waals surface area contributed by atoms with Crippen LogP contribution in [0.4, 0.5) is 0 Å². The number of likely N-dealkylation sites (N-methyl/N-ethyl adjacent to an activating group) is 1. The summed E-state index contributed by atoms with van der Waals surface area (Å²) in [6.45, 7) is 4.77. The van der Waals surface area contributed by atoms with Crippen molar-refractivity contribution in [1.29, 1.82) is 0 Å². The molecule has 0 radical (unpaired) electrons. The normalized spacial score (nSPS) is 17.1. The average molecular weight is 316 g/mol. The predicted octanol–water partition coefficient (Wildman–Crippen LogP) is 1.86. The molecular formula is C14H19Cl2N3O. The number of benzene rings is 1. The summed E-state index contributed by atoms with van der Waals surface area (Å²) in [5.74, 6) is 0.0283. The zero-order valence-electron chi connectivity index (χ0n) is 11.5. The van der Waals surface area contributed by atoms with E-state index in [-0.39, 0.29) is 5.91 Å². The Labute approximate surface area is 129 Å². The van der Waals surface area contributed by atoms with E-state index < -0.39 is 0 Å². The molecule has 20 heavy (non-hydrogen) atoms. The number of amides is 1. The molecule has 1 fully saturated rings. The minimum Gasteiger partial charge on any atom is -0.351 e. The summed E-state index contributed by atoms with van der Waals surface area (Å²) in [7, 11) is 2.10. The maximum Gasteiger partial charge on any atom is 0.234 e. The molecule has 1 N–H and O–H groups in total. The minimum absolute atomic E-state index is 0.0283. The first-order valence-electron chi connectivity index (χ1n) is 6.66. The molecule has 1 aromatic rings. The van der Waals surface area contributed by atoms with E-state index in [1.165, 1.54) is 0 Å². The highest BCUT2D eigenvalue weighted by Gasteiger charge is 2.16. The maximum absolute atomic E-state index is 11.9. The molecule has 1 amide bonds. The molecular weight excluding hydrogens is 297 g/mol. The van der Waals surface area contributed by atoms with Crippen LogP contribution in [0, 0.1) is 0 Å². The smallest absolute Gasteiger partial charge is 0.234 e. The molecule has 0 atom stereocenters. The second-order valence-electron chi connectivity index (χ2n) is 5.09. The van der Waals surface area contributed by atoms with Gasteiger partial charge in [-0.3, -0.25) is 9.69 Å². The summed E-state index contributed by atoms with van der Waals surface area (Å²) in [6, 6.07) is 5.29. The summed E-state index contributed by atoms with van der Waals surface area (Å²) in [5.41, 5.74) is 0.878. The van der Waals surface area contributed by atoms with Gasteiger partial charge in [0.15, 0.2) is 0 Å². The quantitative estimate of drug-likeness (QED) is 0.921. The van der Waals surface area contributed by atoms with Crippen molar-refractivity contribution in [1.82, 2.24) is 15.1 Å². The molecule has 1 saturated heterocycles. The van der Waals surface area contributed by atoms with Gasteiger partial charge in [-0.2, -0.15) is 0 Å². The molecule has 0 unspecified atom stereocenters. The molecule has 6 heteroatoms. The van der Waals surface area contributed by atoms with Gasteiger partial charge in [-0.15, -0.1) is 0 Å². The summed E-state index contributed by atoms with van der Waals surface area (Å²) < 4.78 is 0. The first-order chi connectivity index (χ1) is 9.54. The number of piperazine rings is 1. The number of rotatable bonds is 4. The highest BCUT2D eigenvalue weighted by molar-refractivity contribution is 6.35. The van der Waals surface area contributed by atoms with E-state index in [0.29, 0.717) is 23.1 Å². The number of nitrogens with one attached hydrogen (secondary N) is 1. The molecule has 110 valence electrons. The number of hydrogen-bond donors (Lipinski definition) is 1. The third-order valence-corrected chi connectivity index (χ3v) is 4.04. The largest absolute Gasteiger partial charge is 0.351 e. The maximum atomic E-state index is 11.9. The summed E-state index contributed by atoms with van der Waals surface area (Å²) in [6.07, 6.45) is 0. The molecule has 2 rings (SSSR count). The van der Waals surface area contributed by atoms with Gasteiger partial charge in [0.05, 0.1) is 6.54 Å². The first-order valence-corrected chi connectivity index (χ1v) is 7.42. The second-order valence-corrected chi connectivity index (χ2v) is 5.94. The standard InChI is InChI=1S/C14H19Cl2N3O/c1-18-4-6-19(7-5-18)10-14(20)17-9-11-2-3-12(15)8-13(11)16/h2-3,8H,4-7,9-10H2,1H3,(H,17,20). The van der Waals surface area contributed by atoms with Gasteiger partial charge in [0.25, 0.3) is 0 Å². The molecule has 1 aliphatic heterocycles. The SMILES string of the molecule is CN1CCN(CC(=O)NCc2ccc(Cl)cc2Cl)CC1. The fraction of sp³-hybridized carbons (Fsp3) is 0.500. The van der Waals surface area contributed by atoms with Crippen LogP contribution in [0.15, 0.2) is 18.2 Å². The Bertz CT molecular complexity index is 473. The fourth-order valence-electron chi connectivity index (χ4n) is 2.12. The number of carbonyl (C=O) groups is 1. The van der Waals surface area contributed by atoms with Crippen molar-refractivity contribution in [2.45, 2.75) is 6.54 Å². The van der Waals surface area contributed by atoms with Crippen molar-refractivity contribution in [3.8, 4) is 0 Å². The molecule has 0 saturated carbocycles. The number of carbonyl (C=O) groups excluding carboxylic acids is 1. The molecule has 1 heterocycles. The van der Waals surface area contributed by atoms with Gasteiger partial charge in [0.1, 0.15) is 0 Å². The van der Waals surface area contributed by atoms with E-state index in [0.717, 1.165) is 31.7 Å². The van der Waals surface area contributed by atoms with Crippen LogP contribution in [0.2, 0.25) is 10.0 Å². The van der Waals surface area contributed by atoms with Crippen LogP contribution in [-0.4, -0.2) is 55.5 Å². The molecule has 4 nitrogen and oxygen atoms in total. The Hall–Kier alpha value is -0.810. The van der Waals surface area contributed by atoms with Crippen molar-refractivity contribution in [3.63, 3.8) is 0 Å². The number of halogens is 2. The van der Waals surface area contributed by atoms with E-state index >= 15 is 0 Å². The Morgan fingerprint density at radius 2 is 1.95 bits per heavy atom. The van der Waals surface area contributed by atoms with Gasteiger partial charge < -0.3 is 10.2 Å². The Morgan fingerprint density at radius 1 is 1.25 bits per heavy atom. The lowest BCUT2D eigenvalue weighted by Gasteiger charge is -2.31. The summed E-state index contributed by atoms with van der Waals surface area (Å²) in [4.78, 5) is 16.3. The third kappa shape index (κ3) is 4.63. The highest BCUT2D eigenvalue weighted by Crippen LogP contribution is 2.20. The Balaban J connectivity index is 1.77.